The number of halogens is 1. The first-order valence-electron chi connectivity index (χ1n) is 6.91. The maximum Gasteiger partial charge on any atom is 0.168 e. The van der Waals surface area contributed by atoms with Gasteiger partial charge in [-0.1, -0.05) is 19.1 Å². The lowest BCUT2D eigenvalue weighted by atomic mass is 10.3. The molecular weight excluding hydrogens is 269 g/mol. The molecule has 0 saturated heterocycles. The van der Waals surface area contributed by atoms with Crippen LogP contribution in [0.1, 0.15) is 19.0 Å². The van der Waals surface area contributed by atoms with Crippen LogP contribution in [-0.2, 0) is 0 Å². The van der Waals surface area contributed by atoms with Crippen LogP contribution in [0.4, 0.5) is 10.2 Å². The molecule has 0 radical (unpaired) electrons. The van der Waals surface area contributed by atoms with Crippen molar-refractivity contribution in [2.24, 2.45) is 0 Å². The van der Waals surface area contributed by atoms with Gasteiger partial charge in [-0.2, -0.15) is 5.10 Å². The molecular formula is C15H16FN5. The molecule has 1 N–H and O–H groups in total. The zero-order valence-corrected chi connectivity index (χ0v) is 12.0. The zero-order chi connectivity index (χ0) is 14.8. The predicted molar refractivity (Wildman–Crippen MR) is 80.1 cm³/mol. The van der Waals surface area contributed by atoms with Crippen molar-refractivity contribution in [3.63, 3.8) is 0 Å². The highest BCUT2D eigenvalue weighted by molar-refractivity contribution is 5.90. The number of hydrogen-bond acceptors (Lipinski definition) is 4. The molecule has 0 fully saturated rings. The van der Waals surface area contributed by atoms with E-state index in [-0.39, 0.29) is 5.82 Å². The largest absolute Gasteiger partial charge is 0.369 e. The Morgan fingerprint density at radius 2 is 2.05 bits per heavy atom. The molecule has 0 atom stereocenters. The maximum atomic E-state index is 14.0. The second-order valence-electron chi connectivity index (χ2n) is 4.80. The van der Waals surface area contributed by atoms with E-state index in [1.54, 1.807) is 18.2 Å². The minimum absolute atomic E-state index is 0.330. The minimum atomic E-state index is -0.330. The highest BCUT2D eigenvalue weighted by Crippen LogP contribution is 2.26. The van der Waals surface area contributed by atoms with Gasteiger partial charge < -0.3 is 5.32 Å². The maximum absolute atomic E-state index is 14.0. The molecule has 0 unspecified atom stereocenters. The molecule has 6 heteroatoms. The number of aromatic nitrogens is 4. The van der Waals surface area contributed by atoms with E-state index in [2.05, 4.69) is 27.3 Å². The van der Waals surface area contributed by atoms with Crippen molar-refractivity contribution >= 4 is 16.9 Å². The lowest BCUT2D eigenvalue weighted by Crippen LogP contribution is -2.04. The van der Waals surface area contributed by atoms with E-state index in [1.165, 1.54) is 17.1 Å². The fraction of sp³-hybridized carbons (Fsp3) is 0.267. The van der Waals surface area contributed by atoms with Crippen molar-refractivity contribution in [2.45, 2.75) is 20.3 Å². The third-order valence-corrected chi connectivity index (χ3v) is 3.26. The molecule has 2 aromatic heterocycles. The first kappa shape index (κ1) is 13.5. The Morgan fingerprint density at radius 3 is 2.81 bits per heavy atom. The van der Waals surface area contributed by atoms with E-state index >= 15 is 0 Å². The second-order valence-corrected chi connectivity index (χ2v) is 4.80. The number of para-hydroxylation sites is 1. The summed E-state index contributed by atoms with van der Waals surface area (Å²) in [5.74, 6) is 0.408. The van der Waals surface area contributed by atoms with E-state index < -0.39 is 0 Å². The fourth-order valence-corrected chi connectivity index (χ4v) is 2.29. The molecule has 0 aliphatic heterocycles. The van der Waals surface area contributed by atoms with Gasteiger partial charge in [-0.3, -0.25) is 0 Å². The van der Waals surface area contributed by atoms with Crippen LogP contribution in [0.25, 0.3) is 16.7 Å². The van der Waals surface area contributed by atoms with E-state index in [0.29, 0.717) is 11.3 Å². The number of nitrogens with one attached hydrogen (secondary N) is 1. The van der Waals surface area contributed by atoms with Crippen LogP contribution in [0, 0.1) is 12.7 Å². The van der Waals surface area contributed by atoms with Gasteiger partial charge in [0.1, 0.15) is 23.6 Å². The molecule has 0 saturated carbocycles. The number of aryl methyl sites for hydroxylation is 1. The molecule has 5 nitrogen and oxygen atoms in total. The highest BCUT2D eigenvalue weighted by atomic mass is 19.1. The summed E-state index contributed by atoms with van der Waals surface area (Å²) in [5.41, 5.74) is 1.76. The molecule has 3 rings (SSSR count). The Morgan fingerprint density at radius 1 is 1.24 bits per heavy atom. The van der Waals surface area contributed by atoms with Gasteiger partial charge in [-0.25, -0.2) is 19.0 Å². The van der Waals surface area contributed by atoms with Gasteiger partial charge in [0.05, 0.1) is 11.1 Å². The summed E-state index contributed by atoms with van der Waals surface area (Å²) in [5, 5.41) is 8.51. The van der Waals surface area contributed by atoms with Crippen LogP contribution in [0.5, 0.6) is 0 Å². The summed E-state index contributed by atoms with van der Waals surface area (Å²) in [6, 6.07) is 6.53. The SMILES string of the molecule is CCCNc1ncnc2c1c(C)nn2-c1ccccc1F. The molecule has 0 amide bonds. The molecule has 2 heterocycles. The first-order valence-corrected chi connectivity index (χ1v) is 6.91. The Labute approximate surface area is 121 Å². The summed E-state index contributed by atoms with van der Waals surface area (Å²) < 4.78 is 15.5. The van der Waals surface area contributed by atoms with E-state index in [4.69, 9.17) is 0 Å². The van der Waals surface area contributed by atoms with Gasteiger partial charge >= 0.3 is 0 Å². The van der Waals surface area contributed by atoms with E-state index in [0.717, 1.165) is 29.9 Å². The normalized spacial score (nSPS) is 11.0. The molecule has 0 spiro atoms. The van der Waals surface area contributed by atoms with Crippen molar-refractivity contribution in [3.05, 3.63) is 42.1 Å². The van der Waals surface area contributed by atoms with E-state index in [1.807, 2.05) is 6.92 Å². The number of nitrogens with zero attached hydrogens (tertiary/aromatic N) is 4. The van der Waals surface area contributed by atoms with Gasteiger partial charge in [0, 0.05) is 6.54 Å². The van der Waals surface area contributed by atoms with Gasteiger partial charge in [0.25, 0.3) is 0 Å². The van der Waals surface area contributed by atoms with Crippen molar-refractivity contribution < 1.29 is 4.39 Å². The Kier molecular flexibility index (Phi) is 3.51. The third kappa shape index (κ3) is 2.33. The quantitative estimate of drug-likeness (QED) is 0.800. The van der Waals surface area contributed by atoms with Gasteiger partial charge in [-0.15, -0.1) is 0 Å². The highest BCUT2D eigenvalue weighted by Gasteiger charge is 2.16. The monoisotopic (exact) mass is 285 g/mol. The molecule has 108 valence electrons. The van der Waals surface area contributed by atoms with Gasteiger partial charge in [0.15, 0.2) is 5.65 Å². The van der Waals surface area contributed by atoms with Gasteiger partial charge in [-0.05, 0) is 25.5 Å². The van der Waals surface area contributed by atoms with Gasteiger partial charge in [0.2, 0.25) is 0 Å². The van der Waals surface area contributed by atoms with Crippen molar-refractivity contribution in [3.8, 4) is 5.69 Å². The number of hydrogen-bond donors (Lipinski definition) is 1. The van der Waals surface area contributed by atoms with Crippen molar-refractivity contribution in [1.82, 2.24) is 19.7 Å². The first-order chi connectivity index (χ1) is 10.2. The van der Waals surface area contributed by atoms with Crippen molar-refractivity contribution in [2.75, 3.05) is 11.9 Å². The van der Waals surface area contributed by atoms with Crippen LogP contribution in [-0.4, -0.2) is 26.3 Å². The Bertz CT molecular complexity index is 781. The third-order valence-electron chi connectivity index (χ3n) is 3.26. The predicted octanol–water partition coefficient (Wildman–Crippen LogP) is 3.08. The fourth-order valence-electron chi connectivity index (χ4n) is 2.29. The molecule has 0 aliphatic carbocycles. The van der Waals surface area contributed by atoms with Crippen LogP contribution < -0.4 is 5.32 Å². The minimum Gasteiger partial charge on any atom is -0.369 e. The standard InChI is InChI=1S/C15H16FN5/c1-3-8-17-14-13-10(2)20-21(15(13)19-9-18-14)12-7-5-4-6-11(12)16/h4-7,9H,3,8H2,1-2H3,(H,17,18,19). The Balaban J connectivity index is 2.20. The van der Waals surface area contributed by atoms with Crippen LogP contribution in [0.2, 0.25) is 0 Å². The lowest BCUT2D eigenvalue weighted by Gasteiger charge is -2.06. The molecule has 3 aromatic rings. The van der Waals surface area contributed by atoms with E-state index in [9.17, 15) is 4.39 Å². The summed E-state index contributed by atoms with van der Waals surface area (Å²) in [6.45, 7) is 4.78. The lowest BCUT2D eigenvalue weighted by molar-refractivity contribution is 0.612. The summed E-state index contributed by atoms with van der Waals surface area (Å²) in [6.07, 6.45) is 2.46. The zero-order valence-electron chi connectivity index (χ0n) is 12.0. The number of benzene rings is 1. The van der Waals surface area contributed by atoms with Crippen LogP contribution in [0.15, 0.2) is 30.6 Å². The smallest absolute Gasteiger partial charge is 0.168 e. The average molecular weight is 285 g/mol. The summed E-state index contributed by atoms with van der Waals surface area (Å²) >= 11 is 0. The second kappa shape index (κ2) is 5.47. The number of rotatable bonds is 4. The van der Waals surface area contributed by atoms with Crippen LogP contribution in [0.3, 0.4) is 0 Å². The van der Waals surface area contributed by atoms with Crippen LogP contribution >= 0.6 is 0 Å². The summed E-state index contributed by atoms with van der Waals surface area (Å²) in [4.78, 5) is 8.54. The molecule has 0 bridgehead atoms. The number of anilines is 1. The Hall–Kier alpha value is -2.50. The molecule has 0 aliphatic rings. The van der Waals surface area contributed by atoms with Crippen molar-refractivity contribution in [1.29, 1.82) is 0 Å². The summed E-state index contributed by atoms with van der Waals surface area (Å²) in [7, 11) is 0. The molecule has 1 aromatic carbocycles. The molecule has 21 heavy (non-hydrogen) atoms. The number of fused-ring (bicyclic) bond motifs is 1. The topological polar surface area (TPSA) is 55.6 Å². The average Bonchev–Trinajstić information content (AvgIpc) is 2.83.